The Hall–Kier alpha value is -1.84. The molecule has 1 aromatic carbocycles. The first-order valence-electron chi connectivity index (χ1n) is 3.64. The molecule has 0 aromatic heterocycles. The van der Waals surface area contributed by atoms with Crippen LogP contribution in [0.2, 0.25) is 0 Å². The van der Waals surface area contributed by atoms with E-state index in [0.29, 0.717) is 5.56 Å². The van der Waals surface area contributed by atoms with E-state index in [1.165, 1.54) is 19.4 Å². The second kappa shape index (κ2) is 4.25. The molecule has 0 aliphatic heterocycles. The molecule has 0 aliphatic rings. The Labute approximate surface area is 75.4 Å². The van der Waals surface area contributed by atoms with Gasteiger partial charge in [-0.3, -0.25) is 0 Å². The van der Waals surface area contributed by atoms with Crippen LogP contribution in [0.15, 0.2) is 29.4 Å². The number of oxime groups is 1. The van der Waals surface area contributed by atoms with Crippen molar-refractivity contribution in [3.05, 3.63) is 35.4 Å². The molecule has 0 spiro atoms. The second-order valence-corrected chi connectivity index (χ2v) is 2.31. The lowest BCUT2D eigenvalue weighted by Gasteiger charge is -1.98. The molecule has 0 radical (unpaired) electrons. The quantitative estimate of drug-likeness (QED) is 0.563. The van der Waals surface area contributed by atoms with Gasteiger partial charge in [0, 0.05) is 5.56 Å². The summed E-state index contributed by atoms with van der Waals surface area (Å²) in [5, 5.41) is 12.3. The molecule has 68 valence electrons. The summed E-state index contributed by atoms with van der Waals surface area (Å²) in [4.78, 5) is 15.1. The van der Waals surface area contributed by atoms with Crippen molar-refractivity contribution < 1.29 is 14.7 Å². The van der Waals surface area contributed by atoms with E-state index in [4.69, 9.17) is 5.11 Å². The van der Waals surface area contributed by atoms with Crippen molar-refractivity contribution in [3.8, 4) is 0 Å². The van der Waals surface area contributed by atoms with Gasteiger partial charge in [0.1, 0.15) is 7.11 Å². The van der Waals surface area contributed by atoms with Gasteiger partial charge >= 0.3 is 5.97 Å². The molecule has 0 amide bonds. The minimum Gasteiger partial charge on any atom is -0.478 e. The Balaban J connectivity index is 3.05. The third kappa shape index (κ3) is 2.30. The molecule has 1 N–H and O–H groups in total. The van der Waals surface area contributed by atoms with Crippen molar-refractivity contribution in [1.82, 2.24) is 0 Å². The summed E-state index contributed by atoms with van der Waals surface area (Å²) in [5.41, 5.74) is 0.736. The van der Waals surface area contributed by atoms with Crippen LogP contribution in [0.4, 0.5) is 0 Å². The number of rotatable bonds is 3. The van der Waals surface area contributed by atoms with Crippen LogP contribution >= 0.6 is 0 Å². The highest BCUT2D eigenvalue weighted by Gasteiger charge is 2.06. The number of nitrogens with zero attached hydrogens (tertiary/aromatic N) is 1. The lowest BCUT2D eigenvalue weighted by molar-refractivity contribution is 0.0696. The predicted octanol–water partition coefficient (Wildman–Crippen LogP) is 1.37. The number of carboxylic acid groups (broad SMARTS) is 1. The summed E-state index contributed by atoms with van der Waals surface area (Å²) in [6, 6.07) is 6.57. The van der Waals surface area contributed by atoms with Gasteiger partial charge in [0.2, 0.25) is 0 Å². The molecular formula is C9H9NO3. The number of carbonyl (C=O) groups is 1. The van der Waals surface area contributed by atoms with Crippen molar-refractivity contribution >= 4 is 12.2 Å². The van der Waals surface area contributed by atoms with Gasteiger partial charge in [0.25, 0.3) is 0 Å². The number of benzene rings is 1. The molecule has 0 aliphatic carbocycles. The molecule has 13 heavy (non-hydrogen) atoms. The van der Waals surface area contributed by atoms with Gasteiger partial charge in [-0.2, -0.15) is 0 Å². The number of hydrogen-bond donors (Lipinski definition) is 1. The molecule has 1 rings (SSSR count). The van der Waals surface area contributed by atoms with E-state index in [2.05, 4.69) is 9.99 Å². The zero-order chi connectivity index (χ0) is 9.68. The van der Waals surface area contributed by atoms with Gasteiger partial charge in [-0.25, -0.2) is 4.79 Å². The van der Waals surface area contributed by atoms with Crippen molar-refractivity contribution in [3.63, 3.8) is 0 Å². The minimum absolute atomic E-state index is 0.211. The van der Waals surface area contributed by atoms with Crippen molar-refractivity contribution in [2.24, 2.45) is 5.16 Å². The first-order chi connectivity index (χ1) is 6.25. The van der Waals surface area contributed by atoms with E-state index in [-0.39, 0.29) is 5.56 Å². The van der Waals surface area contributed by atoms with Crippen LogP contribution in [0.3, 0.4) is 0 Å². The van der Waals surface area contributed by atoms with Crippen LogP contribution in [0.1, 0.15) is 15.9 Å². The molecule has 0 heterocycles. The molecule has 0 fully saturated rings. The van der Waals surface area contributed by atoms with Gasteiger partial charge < -0.3 is 9.94 Å². The first kappa shape index (κ1) is 9.25. The minimum atomic E-state index is -0.974. The van der Waals surface area contributed by atoms with Gasteiger partial charge in [-0.05, 0) is 6.07 Å². The van der Waals surface area contributed by atoms with Crippen molar-refractivity contribution in [2.75, 3.05) is 7.11 Å². The van der Waals surface area contributed by atoms with E-state index in [1.54, 1.807) is 18.2 Å². The monoisotopic (exact) mass is 179 g/mol. The van der Waals surface area contributed by atoms with Crippen LogP contribution in [-0.4, -0.2) is 24.4 Å². The second-order valence-electron chi connectivity index (χ2n) is 2.31. The fraction of sp³-hybridized carbons (Fsp3) is 0.111. The largest absolute Gasteiger partial charge is 0.478 e. The fourth-order valence-electron chi connectivity index (χ4n) is 0.914. The van der Waals surface area contributed by atoms with E-state index < -0.39 is 5.97 Å². The average molecular weight is 179 g/mol. The maximum atomic E-state index is 10.7. The summed E-state index contributed by atoms with van der Waals surface area (Å²) in [6.07, 6.45) is 1.36. The van der Waals surface area contributed by atoms with E-state index >= 15 is 0 Å². The maximum Gasteiger partial charge on any atom is 0.336 e. The molecule has 0 bridgehead atoms. The number of aromatic carboxylic acids is 1. The summed E-state index contributed by atoms with van der Waals surface area (Å²) in [6.45, 7) is 0. The Morgan fingerprint density at radius 1 is 1.54 bits per heavy atom. The van der Waals surface area contributed by atoms with Crippen LogP contribution in [0, 0.1) is 0 Å². The predicted molar refractivity (Wildman–Crippen MR) is 48.0 cm³/mol. The summed E-state index contributed by atoms with van der Waals surface area (Å²) >= 11 is 0. The van der Waals surface area contributed by atoms with Crippen LogP contribution in [0.5, 0.6) is 0 Å². The molecule has 0 unspecified atom stereocenters. The van der Waals surface area contributed by atoms with Gasteiger partial charge in [-0.15, -0.1) is 0 Å². The maximum absolute atomic E-state index is 10.7. The molecule has 0 atom stereocenters. The van der Waals surface area contributed by atoms with Crippen LogP contribution in [0.25, 0.3) is 0 Å². The van der Waals surface area contributed by atoms with Gasteiger partial charge in [0.05, 0.1) is 11.8 Å². The summed E-state index contributed by atoms with van der Waals surface area (Å²) < 4.78 is 0. The summed E-state index contributed by atoms with van der Waals surface area (Å²) in [5.74, 6) is -0.974. The Bertz CT molecular complexity index is 333. The topological polar surface area (TPSA) is 58.9 Å². The molecule has 0 saturated heterocycles. The fourth-order valence-corrected chi connectivity index (χ4v) is 0.914. The number of hydrogen-bond acceptors (Lipinski definition) is 3. The van der Waals surface area contributed by atoms with E-state index in [9.17, 15) is 4.79 Å². The lowest BCUT2D eigenvalue weighted by Crippen LogP contribution is -2.01. The van der Waals surface area contributed by atoms with Crippen LogP contribution < -0.4 is 0 Å². The Kier molecular flexibility index (Phi) is 3.03. The molecule has 0 saturated carbocycles. The normalized spacial score (nSPS) is 10.2. The third-order valence-electron chi connectivity index (χ3n) is 1.49. The molecule has 1 aromatic rings. The standard InChI is InChI=1S/C9H9NO3/c1-13-10-6-7-4-2-3-5-8(7)9(11)12/h2-6H,1H3,(H,11,12)/b10-6-. The molecular weight excluding hydrogens is 170 g/mol. The smallest absolute Gasteiger partial charge is 0.336 e. The third-order valence-corrected chi connectivity index (χ3v) is 1.49. The average Bonchev–Trinajstić information content (AvgIpc) is 2.15. The SMILES string of the molecule is CO/N=C\c1ccccc1C(=O)O. The highest BCUT2D eigenvalue weighted by Crippen LogP contribution is 2.05. The highest BCUT2D eigenvalue weighted by molar-refractivity contribution is 5.98. The van der Waals surface area contributed by atoms with E-state index in [0.717, 1.165) is 0 Å². The van der Waals surface area contributed by atoms with Crippen LogP contribution in [-0.2, 0) is 4.84 Å². The number of carboxylic acids is 1. The first-order valence-corrected chi connectivity index (χ1v) is 3.64. The zero-order valence-corrected chi connectivity index (χ0v) is 7.10. The van der Waals surface area contributed by atoms with Gasteiger partial charge in [0.15, 0.2) is 0 Å². The highest BCUT2D eigenvalue weighted by atomic mass is 16.6. The molecule has 4 heteroatoms. The zero-order valence-electron chi connectivity index (χ0n) is 7.10. The Morgan fingerprint density at radius 2 is 2.23 bits per heavy atom. The Morgan fingerprint density at radius 3 is 2.85 bits per heavy atom. The lowest BCUT2D eigenvalue weighted by atomic mass is 10.1. The van der Waals surface area contributed by atoms with E-state index in [1.807, 2.05) is 0 Å². The van der Waals surface area contributed by atoms with Crippen molar-refractivity contribution in [2.45, 2.75) is 0 Å². The molecule has 4 nitrogen and oxygen atoms in total. The van der Waals surface area contributed by atoms with Gasteiger partial charge in [-0.1, -0.05) is 23.4 Å². The van der Waals surface area contributed by atoms with Crippen molar-refractivity contribution in [1.29, 1.82) is 0 Å². The summed E-state index contributed by atoms with van der Waals surface area (Å²) in [7, 11) is 1.40.